The van der Waals surface area contributed by atoms with Crippen molar-refractivity contribution in [3.05, 3.63) is 86.4 Å². The second-order valence-corrected chi connectivity index (χ2v) is 7.84. The number of hydrogen-bond acceptors (Lipinski definition) is 6. The number of rotatable bonds is 5. The lowest BCUT2D eigenvalue weighted by molar-refractivity contribution is 0.0520. The van der Waals surface area contributed by atoms with Crippen LogP contribution in [0.15, 0.2) is 58.7 Å². The number of nitrogens with one attached hydrogen (secondary N) is 1. The number of halogens is 2. The number of para-hydroxylation sites is 1. The molecular weight excluding hydrogens is 457 g/mol. The van der Waals surface area contributed by atoms with Gasteiger partial charge in [-0.1, -0.05) is 29.8 Å². The number of nitrogens with zero attached hydrogens (tertiary/aromatic N) is 2. The van der Waals surface area contributed by atoms with Crippen LogP contribution in [0.4, 0.5) is 9.39 Å². The summed E-state index contributed by atoms with van der Waals surface area (Å²) >= 11 is 7.04. The van der Waals surface area contributed by atoms with Crippen LogP contribution in [0.2, 0.25) is 5.02 Å². The van der Waals surface area contributed by atoms with Gasteiger partial charge in [0.2, 0.25) is 0 Å². The molecule has 4 aromatic rings. The van der Waals surface area contributed by atoms with Crippen molar-refractivity contribution in [2.45, 2.75) is 6.92 Å². The van der Waals surface area contributed by atoms with Gasteiger partial charge in [-0.15, -0.1) is 11.3 Å². The molecule has 1 amide bonds. The largest absolute Gasteiger partial charge is 0.461 e. The third-order valence-corrected chi connectivity index (χ3v) is 5.73. The lowest BCUT2D eigenvalue weighted by Crippen LogP contribution is -2.25. The van der Waals surface area contributed by atoms with Crippen molar-refractivity contribution < 1.29 is 18.7 Å². The van der Waals surface area contributed by atoms with Gasteiger partial charge in [0.15, 0.2) is 5.69 Å². The molecule has 0 spiro atoms. The minimum absolute atomic E-state index is 0.0395. The van der Waals surface area contributed by atoms with Crippen LogP contribution in [-0.4, -0.2) is 28.3 Å². The molecule has 0 unspecified atom stereocenters. The molecule has 32 heavy (non-hydrogen) atoms. The number of carbonyl (C=O) groups excluding carboxylic acids is 2. The Kier molecular flexibility index (Phi) is 6.02. The van der Waals surface area contributed by atoms with E-state index in [-0.39, 0.29) is 38.7 Å². The number of carbonyl (C=O) groups is 2. The number of amides is 1. The Hall–Kier alpha value is -3.56. The first kappa shape index (κ1) is 21.7. The summed E-state index contributed by atoms with van der Waals surface area (Å²) in [5, 5.41) is 8.90. The first-order valence-electron chi connectivity index (χ1n) is 9.44. The van der Waals surface area contributed by atoms with Crippen molar-refractivity contribution in [3.8, 4) is 5.69 Å². The normalized spacial score (nSPS) is 10.8. The van der Waals surface area contributed by atoms with Crippen LogP contribution >= 0.6 is 22.9 Å². The highest BCUT2D eigenvalue weighted by atomic mass is 35.5. The molecule has 10 heteroatoms. The Labute approximate surface area is 190 Å². The highest BCUT2D eigenvalue weighted by Gasteiger charge is 2.23. The SMILES string of the molecule is CCOC(=O)c1nn(-c2ccccc2)c(=O)c2c(NC(=O)c3ccc(F)cc3Cl)scc12. The summed E-state index contributed by atoms with van der Waals surface area (Å²) in [6.45, 7) is 1.79. The minimum atomic E-state index is -0.695. The summed E-state index contributed by atoms with van der Waals surface area (Å²) < 4.78 is 19.5. The second-order valence-electron chi connectivity index (χ2n) is 6.55. The van der Waals surface area contributed by atoms with Gasteiger partial charge in [0.05, 0.1) is 28.3 Å². The maximum absolute atomic E-state index is 13.3. The quantitative estimate of drug-likeness (QED) is 0.427. The molecule has 1 N–H and O–H groups in total. The van der Waals surface area contributed by atoms with Crippen LogP contribution in [0.25, 0.3) is 16.5 Å². The maximum atomic E-state index is 13.3. The number of benzene rings is 2. The molecule has 0 aliphatic carbocycles. The zero-order valence-electron chi connectivity index (χ0n) is 16.6. The fourth-order valence-corrected chi connectivity index (χ4v) is 4.27. The molecule has 2 heterocycles. The predicted octanol–water partition coefficient (Wildman–Crippen LogP) is 4.67. The van der Waals surface area contributed by atoms with E-state index >= 15 is 0 Å². The molecule has 2 aromatic carbocycles. The topological polar surface area (TPSA) is 90.3 Å². The maximum Gasteiger partial charge on any atom is 0.359 e. The molecule has 162 valence electrons. The summed E-state index contributed by atoms with van der Waals surface area (Å²) in [4.78, 5) is 38.6. The van der Waals surface area contributed by atoms with Crippen molar-refractivity contribution >= 4 is 50.6 Å². The number of thiophene rings is 1. The Morgan fingerprint density at radius 2 is 1.97 bits per heavy atom. The summed E-state index contributed by atoms with van der Waals surface area (Å²) in [7, 11) is 0. The molecule has 0 bridgehead atoms. The highest BCUT2D eigenvalue weighted by Crippen LogP contribution is 2.31. The molecule has 0 aliphatic heterocycles. The lowest BCUT2D eigenvalue weighted by Gasteiger charge is -2.10. The van der Waals surface area contributed by atoms with Gasteiger partial charge >= 0.3 is 5.97 Å². The number of ether oxygens (including phenoxy) is 1. The Bertz CT molecular complexity index is 1400. The van der Waals surface area contributed by atoms with Crippen LogP contribution in [0.3, 0.4) is 0 Å². The second kappa shape index (κ2) is 8.89. The van der Waals surface area contributed by atoms with E-state index in [0.29, 0.717) is 5.69 Å². The van der Waals surface area contributed by atoms with E-state index in [1.807, 2.05) is 0 Å². The van der Waals surface area contributed by atoms with Crippen LogP contribution < -0.4 is 10.9 Å². The third-order valence-electron chi connectivity index (χ3n) is 4.52. The highest BCUT2D eigenvalue weighted by molar-refractivity contribution is 7.16. The zero-order valence-corrected chi connectivity index (χ0v) is 18.2. The fourth-order valence-electron chi connectivity index (χ4n) is 3.08. The molecule has 4 rings (SSSR count). The average molecular weight is 472 g/mol. The lowest BCUT2D eigenvalue weighted by atomic mass is 10.2. The fraction of sp³-hybridized carbons (Fsp3) is 0.0909. The predicted molar refractivity (Wildman–Crippen MR) is 121 cm³/mol. The number of aromatic nitrogens is 2. The summed E-state index contributed by atoms with van der Waals surface area (Å²) in [5.41, 5.74) is -0.101. The standard InChI is InChI=1S/C22H15ClFN3O4S/c1-2-31-22(30)18-15-11-32-20(25-19(28)14-9-8-12(24)10-16(14)23)17(15)21(29)27(26-18)13-6-4-3-5-7-13/h3-11H,2H2,1H3,(H,25,28). The van der Waals surface area contributed by atoms with E-state index < -0.39 is 23.3 Å². The van der Waals surface area contributed by atoms with Crippen LogP contribution in [-0.2, 0) is 4.74 Å². The van der Waals surface area contributed by atoms with Crippen LogP contribution in [0, 0.1) is 5.82 Å². The monoisotopic (exact) mass is 471 g/mol. The minimum Gasteiger partial charge on any atom is -0.461 e. The molecule has 2 aromatic heterocycles. The molecule has 7 nitrogen and oxygen atoms in total. The van der Waals surface area contributed by atoms with E-state index in [2.05, 4.69) is 10.4 Å². The molecular formula is C22H15ClFN3O4S. The van der Waals surface area contributed by atoms with Gasteiger partial charge in [-0.05, 0) is 37.3 Å². The van der Waals surface area contributed by atoms with E-state index in [0.717, 1.165) is 28.2 Å². The Balaban J connectivity index is 1.87. The molecule has 0 saturated carbocycles. The molecule has 0 radical (unpaired) electrons. The van der Waals surface area contributed by atoms with E-state index in [1.165, 1.54) is 6.07 Å². The van der Waals surface area contributed by atoms with Crippen molar-refractivity contribution in [1.82, 2.24) is 9.78 Å². The van der Waals surface area contributed by atoms with Gasteiger partial charge in [-0.3, -0.25) is 9.59 Å². The van der Waals surface area contributed by atoms with Gasteiger partial charge in [0.1, 0.15) is 10.8 Å². The average Bonchev–Trinajstić information content (AvgIpc) is 3.18. The Morgan fingerprint density at radius 1 is 1.22 bits per heavy atom. The van der Waals surface area contributed by atoms with Crippen molar-refractivity contribution in [2.24, 2.45) is 0 Å². The number of anilines is 1. The molecule has 0 aliphatic rings. The molecule has 0 fully saturated rings. The zero-order chi connectivity index (χ0) is 22.8. The van der Waals surface area contributed by atoms with Crippen molar-refractivity contribution in [1.29, 1.82) is 0 Å². The smallest absolute Gasteiger partial charge is 0.359 e. The van der Waals surface area contributed by atoms with Gasteiger partial charge in [0, 0.05) is 10.8 Å². The summed E-state index contributed by atoms with van der Waals surface area (Å²) in [5.74, 6) is -1.90. The first-order valence-corrected chi connectivity index (χ1v) is 10.7. The van der Waals surface area contributed by atoms with Crippen LogP contribution in [0.5, 0.6) is 0 Å². The first-order chi connectivity index (χ1) is 15.4. The molecule has 0 atom stereocenters. The van der Waals surface area contributed by atoms with Crippen molar-refractivity contribution in [3.63, 3.8) is 0 Å². The van der Waals surface area contributed by atoms with Gasteiger partial charge in [0.25, 0.3) is 11.5 Å². The number of esters is 1. The van der Waals surface area contributed by atoms with E-state index in [4.69, 9.17) is 16.3 Å². The third kappa shape index (κ3) is 4.00. The van der Waals surface area contributed by atoms with Gasteiger partial charge < -0.3 is 10.1 Å². The van der Waals surface area contributed by atoms with E-state index in [1.54, 1.807) is 42.6 Å². The van der Waals surface area contributed by atoms with E-state index in [9.17, 15) is 18.8 Å². The molecule has 0 saturated heterocycles. The number of fused-ring (bicyclic) bond motifs is 1. The summed E-state index contributed by atoms with van der Waals surface area (Å²) in [6.07, 6.45) is 0. The summed E-state index contributed by atoms with van der Waals surface area (Å²) in [6, 6.07) is 11.9. The van der Waals surface area contributed by atoms with Gasteiger partial charge in [-0.25, -0.2) is 9.18 Å². The van der Waals surface area contributed by atoms with Crippen molar-refractivity contribution in [2.75, 3.05) is 11.9 Å². The Morgan fingerprint density at radius 3 is 2.66 bits per heavy atom. The van der Waals surface area contributed by atoms with Crippen LogP contribution in [0.1, 0.15) is 27.8 Å². The number of hydrogen-bond donors (Lipinski definition) is 1. The van der Waals surface area contributed by atoms with Gasteiger partial charge in [-0.2, -0.15) is 9.78 Å².